The molecule has 112 valence electrons. The lowest BCUT2D eigenvalue weighted by molar-refractivity contribution is -0.132. The molecule has 1 N–H and O–H groups in total. The molecule has 0 aliphatic carbocycles. The highest BCUT2D eigenvalue weighted by molar-refractivity contribution is 6.29. The van der Waals surface area contributed by atoms with E-state index in [1.807, 2.05) is 18.2 Å². The van der Waals surface area contributed by atoms with Crippen LogP contribution in [0.3, 0.4) is 0 Å². The number of halogens is 1. The van der Waals surface area contributed by atoms with E-state index in [1.165, 1.54) is 4.90 Å². The highest BCUT2D eigenvalue weighted by Gasteiger charge is 2.17. The summed E-state index contributed by atoms with van der Waals surface area (Å²) in [7, 11) is 3.48. The number of rotatable bonds is 5. The number of imidazole rings is 1. The maximum absolute atomic E-state index is 12.1. The van der Waals surface area contributed by atoms with Gasteiger partial charge in [-0.05, 0) is 5.56 Å². The van der Waals surface area contributed by atoms with Gasteiger partial charge in [0.1, 0.15) is 11.0 Å². The third kappa shape index (κ3) is 3.83. The van der Waals surface area contributed by atoms with Gasteiger partial charge < -0.3 is 14.6 Å². The summed E-state index contributed by atoms with van der Waals surface area (Å²) in [5, 5.41) is 10.6. The fraction of sp³-hybridized carbons (Fsp3) is 0.333. The average Bonchev–Trinajstić information content (AvgIpc) is 2.80. The van der Waals surface area contributed by atoms with E-state index in [1.54, 1.807) is 37.0 Å². The zero-order valence-electron chi connectivity index (χ0n) is 12.0. The minimum absolute atomic E-state index is 0.0403. The van der Waals surface area contributed by atoms with Crippen LogP contribution in [-0.2, 0) is 18.4 Å². The number of aliphatic hydroxyl groups excluding tert-OH is 1. The van der Waals surface area contributed by atoms with Gasteiger partial charge in [0.05, 0.1) is 25.3 Å². The lowest BCUT2D eigenvalue weighted by Gasteiger charge is -2.19. The average molecular weight is 308 g/mol. The van der Waals surface area contributed by atoms with Gasteiger partial charge >= 0.3 is 0 Å². The Kier molecular flexibility index (Phi) is 4.98. The molecule has 1 aromatic heterocycles. The molecule has 1 unspecified atom stereocenters. The minimum Gasteiger partial charge on any atom is -0.388 e. The number of benzene rings is 1. The zero-order chi connectivity index (χ0) is 15.4. The first-order chi connectivity index (χ1) is 9.99. The van der Waals surface area contributed by atoms with Crippen LogP contribution in [0, 0.1) is 0 Å². The van der Waals surface area contributed by atoms with Crippen LogP contribution in [0.5, 0.6) is 0 Å². The molecule has 2 rings (SSSR count). The minimum atomic E-state index is -0.800. The molecule has 5 nitrogen and oxygen atoms in total. The SMILES string of the molecule is CN(Cc1ncc(Cl)n1C)C(=O)CC(O)c1ccccc1. The lowest BCUT2D eigenvalue weighted by Crippen LogP contribution is -2.28. The molecule has 1 atom stereocenters. The molecule has 0 radical (unpaired) electrons. The Bertz CT molecular complexity index is 613. The van der Waals surface area contributed by atoms with Crippen molar-refractivity contribution in [2.24, 2.45) is 7.05 Å². The van der Waals surface area contributed by atoms with Gasteiger partial charge in [-0.3, -0.25) is 4.79 Å². The summed E-state index contributed by atoms with van der Waals surface area (Å²) in [6, 6.07) is 9.15. The number of nitrogens with zero attached hydrogens (tertiary/aromatic N) is 3. The van der Waals surface area contributed by atoms with Crippen molar-refractivity contribution in [2.75, 3.05) is 7.05 Å². The van der Waals surface area contributed by atoms with Crippen LogP contribution < -0.4 is 0 Å². The second kappa shape index (κ2) is 6.74. The first-order valence-electron chi connectivity index (χ1n) is 6.62. The summed E-state index contributed by atoms with van der Waals surface area (Å²) in [5.74, 6) is 0.551. The molecule has 0 bridgehead atoms. The molecule has 0 spiro atoms. The van der Waals surface area contributed by atoms with E-state index < -0.39 is 6.10 Å². The number of carbonyl (C=O) groups is 1. The fourth-order valence-electron chi connectivity index (χ4n) is 1.99. The lowest BCUT2D eigenvalue weighted by atomic mass is 10.1. The first-order valence-corrected chi connectivity index (χ1v) is 7.00. The molecule has 0 fully saturated rings. The van der Waals surface area contributed by atoms with Gasteiger partial charge in [-0.2, -0.15) is 0 Å². The number of hydrogen-bond acceptors (Lipinski definition) is 3. The highest BCUT2D eigenvalue weighted by Crippen LogP contribution is 2.18. The number of aromatic nitrogens is 2. The maximum Gasteiger partial charge on any atom is 0.225 e. The van der Waals surface area contributed by atoms with E-state index in [2.05, 4.69) is 4.98 Å². The topological polar surface area (TPSA) is 58.4 Å². The van der Waals surface area contributed by atoms with Crippen LogP contribution in [0.15, 0.2) is 36.5 Å². The third-order valence-electron chi connectivity index (χ3n) is 3.38. The van der Waals surface area contributed by atoms with Crippen molar-refractivity contribution in [3.63, 3.8) is 0 Å². The summed E-state index contributed by atoms with van der Waals surface area (Å²) < 4.78 is 1.72. The molecule has 0 saturated carbocycles. The van der Waals surface area contributed by atoms with E-state index >= 15 is 0 Å². The molecule has 1 heterocycles. The third-order valence-corrected chi connectivity index (χ3v) is 3.74. The van der Waals surface area contributed by atoms with Crippen molar-refractivity contribution < 1.29 is 9.90 Å². The number of amides is 1. The predicted octanol–water partition coefficient (Wildman–Crippen LogP) is 2.16. The van der Waals surface area contributed by atoms with Gasteiger partial charge in [0, 0.05) is 14.1 Å². The van der Waals surface area contributed by atoms with Crippen molar-refractivity contribution in [1.29, 1.82) is 0 Å². The van der Waals surface area contributed by atoms with E-state index in [4.69, 9.17) is 11.6 Å². The molecular formula is C15H18ClN3O2. The molecule has 1 amide bonds. The van der Waals surface area contributed by atoms with Crippen LogP contribution in [-0.4, -0.2) is 32.5 Å². The van der Waals surface area contributed by atoms with Gasteiger partial charge in [-0.15, -0.1) is 0 Å². The Balaban J connectivity index is 1.95. The quantitative estimate of drug-likeness (QED) is 0.921. The monoisotopic (exact) mass is 307 g/mol. The fourth-order valence-corrected chi connectivity index (χ4v) is 2.13. The summed E-state index contributed by atoms with van der Waals surface area (Å²) >= 11 is 5.91. The van der Waals surface area contributed by atoms with Crippen molar-refractivity contribution >= 4 is 17.5 Å². The van der Waals surface area contributed by atoms with Gasteiger partial charge in [-0.25, -0.2) is 4.98 Å². The zero-order valence-corrected chi connectivity index (χ0v) is 12.8. The Morgan fingerprint density at radius 2 is 2.10 bits per heavy atom. The Hall–Kier alpha value is -1.85. The van der Waals surface area contributed by atoms with E-state index in [0.717, 1.165) is 5.56 Å². The molecule has 0 aliphatic rings. The van der Waals surface area contributed by atoms with Gasteiger partial charge in [-0.1, -0.05) is 41.9 Å². The van der Waals surface area contributed by atoms with Gasteiger partial charge in [0.25, 0.3) is 0 Å². The molecule has 1 aromatic carbocycles. The van der Waals surface area contributed by atoms with Crippen molar-refractivity contribution in [3.05, 3.63) is 53.1 Å². The van der Waals surface area contributed by atoms with E-state index in [9.17, 15) is 9.90 Å². The van der Waals surface area contributed by atoms with Crippen LogP contribution >= 0.6 is 11.6 Å². The van der Waals surface area contributed by atoms with Crippen LogP contribution in [0.4, 0.5) is 0 Å². The Morgan fingerprint density at radius 1 is 1.43 bits per heavy atom. The van der Waals surface area contributed by atoms with Crippen molar-refractivity contribution in [3.8, 4) is 0 Å². The maximum atomic E-state index is 12.1. The number of carbonyl (C=O) groups excluding carboxylic acids is 1. The standard InChI is InChI=1S/C15H18ClN3O2/c1-18(10-14-17-9-13(16)19(14)2)15(21)8-12(20)11-6-4-3-5-7-11/h3-7,9,12,20H,8,10H2,1-2H3. The predicted molar refractivity (Wildman–Crippen MR) is 80.7 cm³/mol. The van der Waals surface area contributed by atoms with Gasteiger partial charge in [0.2, 0.25) is 5.91 Å². The van der Waals surface area contributed by atoms with Crippen LogP contribution in [0.1, 0.15) is 23.9 Å². The van der Waals surface area contributed by atoms with Crippen molar-refractivity contribution in [2.45, 2.75) is 19.1 Å². The van der Waals surface area contributed by atoms with Crippen LogP contribution in [0.2, 0.25) is 5.15 Å². The Morgan fingerprint density at radius 3 is 2.67 bits per heavy atom. The van der Waals surface area contributed by atoms with E-state index in [-0.39, 0.29) is 12.3 Å². The summed E-state index contributed by atoms with van der Waals surface area (Å²) in [5.41, 5.74) is 0.735. The normalized spacial score (nSPS) is 12.2. The summed E-state index contributed by atoms with van der Waals surface area (Å²) in [6.07, 6.45) is 0.790. The molecule has 0 saturated heterocycles. The van der Waals surface area contributed by atoms with Gasteiger partial charge in [0.15, 0.2) is 0 Å². The molecule has 6 heteroatoms. The first kappa shape index (κ1) is 15.5. The molecule has 0 aliphatic heterocycles. The molecule has 21 heavy (non-hydrogen) atoms. The second-order valence-electron chi connectivity index (χ2n) is 4.94. The van der Waals surface area contributed by atoms with Crippen molar-refractivity contribution in [1.82, 2.24) is 14.5 Å². The second-order valence-corrected chi connectivity index (χ2v) is 5.32. The molecule has 2 aromatic rings. The molecular weight excluding hydrogens is 290 g/mol. The summed E-state index contributed by atoms with van der Waals surface area (Å²) in [4.78, 5) is 17.8. The summed E-state index contributed by atoms with van der Waals surface area (Å²) in [6.45, 7) is 0.351. The largest absolute Gasteiger partial charge is 0.388 e. The van der Waals surface area contributed by atoms with Crippen LogP contribution in [0.25, 0.3) is 0 Å². The number of aliphatic hydroxyl groups is 1. The van der Waals surface area contributed by atoms with E-state index in [0.29, 0.717) is 17.5 Å². The number of hydrogen-bond donors (Lipinski definition) is 1. The Labute approximate surface area is 128 Å². The highest BCUT2D eigenvalue weighted by atomic mass is 35.5. The smallest absolute Gasteiger partial charge is 0.225 e.